The molecule has 3 heteroatoms. The predicted octanol–water partition coefficient (Wildman–Crippen LogP) is 3.02. The largest absolute Gasteiger partial charge is 0.493 e. The maximum absolute atomic E-state index is 5.62. The third kappa shape index (κ3) is 6.30. The number of benzene rings is 1. The summed E-state index contributed by atoms with van der Waals surface area (Å²) in [5.74, 6) is 1.73. The van der Waals surface area contributed by atoms with Crippen LogP contribution in [0.5, 0.6) is 11.5 Å². The van der Waals surface area contributed by atoms with Gasteiger partial charge in [0, 0.05) is 19.2 Å². The molecule has 0 aliphatic carbocycles. The molecule has 0 aliphatic rings. The predicted molar refractivity (Wildman–Crippen MR) is 75.4 cm³/mol. The van der Waals surface area contributed by atoms with E-state index in [1.54, 1.807) is 0 Å². The van der Waals surface area contributed by atoms with Gasteiger partial charge in [0.15, 0.2) is 0 Å². The van der Waals surface area contributed by atoms with E-state index in [0.29, 0.717) is 6.61 Å². The van der Waals surface area contributed by atoms with Crippen molar-refractivity contribution < 1.29 is 9.47 Å². The maximum atomic E-state index is 5.62. The second-order valence-corrected chi connectivity index (χ2v) is 4.02. The monoisotopic (exact) mass is 249 g/mol. The van der Waals surface area contributed by atoms with E-state index in [-0.39, 0.29) is 0 Å². The molecule has 1 rings (SSSR count). The molecule has 0 aromatic heterocycles. The third-order valence-corrected chi connectivity index (χ3v) is 2.41. The normalized spacial score (nSPS) is 10.1. The Bertz CT molecular complexity index is 339. The average Bonchev–Trinajstić information content (AvgIpc) is 2.39. The van der Waals surface area contributed by atoms with Crippen LogP contribution in [0.4, 0.5) is 0 Å². The number of nitrogens with one attached hydrogen (secondary N) is 1. The van der Waals surface area contributed by atoms with Crippen LogP contribution in [-0.4, -0.2) is 26.3 Å². The van der Waals surface area contributed by atoms with Crippen LogP contribution in [0.2, 0.25) is 0 Å². The second-order valence-electron chi connectivity index (χ2n) is 4.02. The Hall–Kier alpha value is -1.48. The van der Waals surface area contributed by atoms with Crippen molar-refractivity contribution in [1.29, 1.82) is 0 Å². The maximum Gasteiger partial charge on any atom is 0.123 e. The Balaban J connectivity index is 2.27. The first-order valence-corrected chi connectivity index (χ1v) is 6.54. The van der Waals surface area contributed by atoms with Crippen molar-refractivity contribution >= 4 is 0 Å². The van der Waals surface area contributed by atoms with Crippen LogP contribution in [0.1, 0.15) is 19.8 Å². The van der Waals surface area contributed by atoms with Gasteiger partial charge in [0.1, 0.15) is 18.1 Å². The molecule has 0 saturated carbocycles. The first kappa shape index (κ1) is 14.6. The molecule has 1 N–H and O–H groups in total. The number of hydrogen-bond donors (Lipinski definition) is 1. The average molecular weight is 249 g/mol. The van der Waals surface area contributed by atoms with Crippen molar-refractivity contribution in [1.82, 2.24) is 5.32 Å². The highest BCUT2D eigenvalue weighted by Crippen LogP contribution is 2.19. The van der Waals surface area contributed by atoms with E-state index in [2.05, 4.69) is 18.8 Å². The molecule has 100 valence electrons. The molecule has 0 aliphatic heterocycles. The standard InChI is InChI=1S/C15H23NO2/c1-3-5-11-17-14-7-6-8-15(13-14)18-12-10-16-9-4-2/h4,6-8,13,16H,2-3,5,9-12H2,1H3. The van der Waals surface area contributed by atoms with Crippen molar-refractivity contribution in [3.8, 4) is 11.5 Å². The van der Waals surface area contributed by atoms with E-state index in [4.69, 9.17) is 9.47 Å². The molecule has 0 bridgehead atoms. The lowest BCUT2D eigenvalue weighted by Crippen LogP contribution is -2.20. The lowest BCUT2D eigenvalue weighted by atomic mass is 10.3. The van der Waals surface area contributed by atoms with Crippen molar-refractivity contribution in [2.45, 2.75) is 19.8 Å². The number of hydrogen-bond acceptors (Lipinski definition) is 3. The van der Waals surface area contributed by atoms with Crippen LogP contribution < -0.4 is 14.8 Å². The van der Waals surface area contributed by atoms with Gasteiger partial charge in [-0.15, -0.1) is 6.58 Å². The van der Waals surface area contributed by atoms with E-state index in [9.17, 15) is 0 Å². The smallest absolute Gasteiger partial charge is 0.123 e. The van der Waals surface area contributed by atoms with E-state index in [0.717, 1.165) is 44.0 Å². The van der Waals surface area contributed by atoms with Gasteiger partial charge < -0.3 is 14.8 Å². The summed E-state index contributed by atoms with van der Waals surface area (Å²) in [7, 11) is 0. The molecular weight excluding hydrogens is 226 g/mol. The van der Waals surface area contributed by atoms with Crippen molar-refractivity contribution in [2.24, 2.45) is 0 Å². The van der Waals surface area contributed by atoms with Gasteiger partial charge in [-0.2, -0.15) is 0 Å². The van der Waals surface area contributed by atoms with Crippen molar-refractivity contribution in [3.05, 3.63) is 36.9 Å². The summed E-state index contributed by atoms with van der Waals surface area (Å²) < 4.78 is 11.2. The zero-order chi connectivity index (χ0) is 13.1. The fourth-order valence-corrected chi connectivity index (χ4v) is 1.43. The van der Waals surface area contributed by atoms with E-state index < -0.39 is 0 Å². The van der Waals surface area contributed by atoms with Crippen LogP contribution in [0, 0.1) is 0 Å². The third-order valence-electron chi connectivity index (χ3n) is 2.41. The molecule has 1 aromatic carbocycles. The topological polar surface area (TPSA) is 30.5 Å². The fraction of sp³-hybridized carbons (Fsp3) is 0.467. The summed E-state index contributed by atoms with van der Waals surface area (Å²) in [5, 5.41) is 3.19. The van der Waals surface area contributed by atoms with Gasteiger partial charge >= 0.3 is 0 Å². The molecule has 3 nitrogen and oxygen atoms in total. The Labute approximate surface area is 110 Å². The minimum atomic E-state index is 0.645. The highest BCUT2D eigenvalue weighted by atomic mass is 16.5. The van der Waals surface area contributed by atoms with Gasteiger partial charge in [-0.05, 0) is 18.6 Å². The summed E-state index contributed by atoms with van der Waals surface area (Å²) >= 11 is 0. The summed E-state index contributed by atoms with van der Waals surface area (Å²) in [4.78, 5) is 0. The highest BCUT2D eigenvalue weighted by Gasteiger charge is 1.97. The molecule has 0 spiro atoms. The number of rotatable bonds is 10. The zero-order valence-electron chi connectivity index (χ0n) is 11.2. The van der Waals surface area contributed by atoms with Gasteiger partial charge in [0.25, 0.3) is 0 Å². The van der Waals surface area contributed by atoms with Gasteiger partial charge in [-0.25, -0.2) is 0 Å². The molecule has 0 fully saturated rings. The van der Waals surface area contributed by atoms with Crippen LogP contribution in [0.15, 0.2) is 36.9 Å². The Morgan fingerprint density at radius 2 is 1.94 bits per heavy atom. The van der Waals surface area contributed by atoms with Crippen LogP contribution >= 0.6 is 0 Å². The molecule has 0 radical (unpaired) electrons. The molecule has 0 saturated heterocycles. The molecule has 0 heterocycles. The van der Waals surface area contributed by atoms with Crippen LogP contribution in [-0.2, 0) is 0 Å². The molecule has 0 unspecified atom stereocenters. The minimum absolute atomic E-state index is 0.645. The van der Waals surface area contributed by atoms with Crippen LogP contribution in [0.25, 0.3) is 0 Å². The summed E-state index contributed by atoms with van der Waals surface area (Å²) in [6.07, 6.45) is 4.06. The first-order valence-electron chi connectivity index (χ1n) is 6.54. The highest BCUT2D eigenvalue weighted by molar-refractivity contribution is 5.32. The molecule has 1 aromatic rings. The number of unbranched alkanes of at least 4 members (excludes halogenated alkanes) is 1. The van der Waals surface area contributed by atoms with Gasteiger partial charge in [0.05, 0.1) is 6.61 Å². The fourth-order valence-electron chi connectivity index (χ4n) is 1.43. The summed E-state index contributed by atoms with van der Waals surface area (Å²) in [5.41, 5.74) is 0. The van der Waals surface area contributed by atoms with Gasteiger partial charge in [0.2, 0.25) is 0 Å². The van der Waals surface area contributed by atoms with Crippen molar-refractivity contribution in [3.63, 3.8) is 0 Å². The SMILES string of the molecule is C=CCNCCOc1cccc(OCCCC)c1. The van der Waals surface area contributed by atoms with E-state index in [1.165, 1.54) is 0 Å². The second kappa shape index (κ2) is 9.54. The van der Waals surface area contributed by atoms with E-state index >= 15 is 0 Å². The Kier molecular flexibility index (Phi) is 7.73. The first-order chi connectivity index (χ1) is 8.86. The zero-order valence-corrected chi connectivity index (χ0v) is 11.2. The summed E-state index contributed by atoms with van der Waals surface area (Å²) in [6.45, 7) is 8.83. The molecule has 0 atom stereocenters. The molecular formula is C15H23NO2. The van der Waals surface area contributed by atoms with E-state index in [1.807, 2.05) is 30.3 Å². The number of ether oxygens (including phenoxy) is 2. The van der Waals surface area contributed by atoms with Gasteiger partial charge in [-0.3, -0.25) is 0 Å². The minimum Gasteiger partial charge on any atom is -0.493 e. The molecule has 18 heavy (non-hydrogen) atoms. The lowest BCUT2D eigenvalue weighted by Gasteiger charge is -2.09. The lowest BCUT2D eigenvalue weighted by molar-refractivity contribution is 0.297. The Morgan fingerprint density at radius 3 is 2.61 bits per heavy atom. The Morgan fingerprint density at radius 1 is 1.22 bits per heavy atom. The quantitative estimate of drug-likeness (QED) is 0.511. The van der Waals surface area contributed by atoms with Gasteiger partial charge in [-0.1, -0.05) is 25.5 Å². The molecule has 0 amide bonds. The van der Waals surface area contributed by atoms with Crippen molar-refractivity contribution in [2.75, 3.05) is 26.3 Å². The van der Waals surface area contributed by atoms with Crippen LogP contribution in [0.3, 0.4) is 0 Å². The summed E-state index contributed by atoms with van der Waals surface area (Å²) in [6, 6.07) is 7.79.